The molecule has 3 aromatic rings. The Morgan fingerprint density at radius 3 is 2.54 bits per heavy atom. The SMILES string of the molecule is CS(=O)(=O)N1CCc2c(c(-c3ccc(Cl)c(CCc4cccc(CNCC5CCOCC5)c4)c3)nn2CCCN2CCOCC2)C1. The van der Waals surface area contributed by atoms with Crippen LogP contribution in [0.3, 0.4) is 0 Å². The maximum atomic E-state index is 12.5. The lowest BCUT2D eigenvalue weighted by Crippen LogP contribution is -2.37. The highest BCUT2D eigenvalue weighted by Gasteiger charge is 2.30. The molecule has 250 valence electrons. The van der Waals surface area contributed by atoms with Crippen molar-refractivity contribution < 1.29 is 17.9 Å². The van der Waals surface area contributed by atoms with Crippen LogP contribution < -0.4 is 5.32 Å². The van der Waals surface area contributed by atoms with Crippen LogP contribution in [0.15, 0.2) is 42.5 Å². The Morgan fingerprint density at radius 2 is 1.74 bits per heavy atom. The summed E-state index contributed by atoms with van der Waals surface area (Å²) in [6.45, 7) is 9.82. The van der Waals surface area contributed by atoms with E-state index >= 15 is 0 Å². The number of nitrogens with zero attached hydrogens (tertiary/aromatic N) is 4. The van der Waals surface area contributed by atoms with Gasteiger partial charge < -0.3 is 14.8 Å². The molecule has 0 amide bonds. The fourth-order valence-corrected chi connectivity index (χ4v) is 7.89. The summed E-state index contributed by atoms with van der Waals surface area (Å²) in [6.07, 6.45) is 6.91. The summed E-state index contributed by atoms with van der Waals surface area (Å²) in [5.74, 6) is 0.702. The molecule has 1 N–H and O–H groups in total. The van der Waals surface area contributed by atoms with Gasteiger partial charge in [0.05, 0.1) is 25.2 Å². The lowest BCUT2D eigenvalue weighted by atomic mass is 9.97. The Bertz CT molecular complexity index is 1570. The molecular formula is C35H48ClN5O4S. The Balaban J connectivity index is 1.15. The molecule has 0 aliphatic carbocycles. The first-order valence-corrected chi connectivity index (χ1v) is 19.0. The quantitative estimate of drug-likeness (QED) is 0.286. The first-order valence-electron chi connectivity index (χ1n) is 16.8. The number of benzene rings is 2. The minimum Gasteiger partial charge on any atom is -0.381 e. The molecule has 0 saturated carbocycles. The van der Waals surface area contributed by atoms with Gasteiger partial charge in [-0.2, -0.15) is 9.40 Å². The fraction of sp³-hybridized carbons (Fsp3) is 0.571. The number of fused-ring (bicyclic) bond motifs is 1. The van der Waals surface area contributed by atoms with Crippen molar-refractivity contribution in [2.75, 3.05) is 65.4 Å². The number of aryl methyl sites for hydroxylation is 3. The molecular weight excluding hydrogens is 622 g/mol. The summed E-state index contributed by atoms with van der Waals surface area (Å²) in [5.41, 5.74) is 7.68. The minimum absolute atomic E-state index is 0.347. The largest absolute Gasteiger partial charge is 0.381 e. The van der Waals surface area contributed by atoms with Crippen LogP contribution in [0.2, 0.25) is 5.02 Å². The number of ether oxygens (including phenoxy) is 2. The highest BCUT2D eigenvalue weighted by atomic mass is 35.5. The monoisotopic (exact) mass is 669 g/mol. The highest BCUT2D eigenvalue weighted by Crippen LogP contribution is 2.33. The lowest BCUT2D eigenvalue weighted by Gasteiger charge is -2.27. The van der Waals surface area contributed by atoms with E-state index in [9.17, 15) is 8.42 Å². The second kappa shape index (κ2) is 15.7. The number of morpholine rings is 1. The molecule has 2 aromatic carbocycles. The van der Waals surface area contributed by atoms with Crippen molar-refractivity contribution in [2.24, 2.45) is 5.92 Å². The second-order valence-corrected chi connectivity index (χ2v) is 15.4. The van der Waals surface area contributed by atoms with E-state index in [1.165, 1.54) is 17.4 Å². The van der Waals surface area contributed by atoms with Crippen LogP contribution in [0, 0.1) is 5.92 Å². The third kappa shape index (κ3) is 8.78. The van der Waals surface area contributed by atoms with Gasteiger partial charge in [-0.25, -0.2) is 8.42 Å². The smallest absolute Gasteiger partial charge is 0.211 e. The molecule has 6 rings (SSSR count). The van der Waals surface area contributed by atoms with Crippen LogP contribution in [0.25, 0.3) is 11.3 Å². The third-order valence-corrected chi connectivity index (χ3v) is 11.2. The van der Waals surface area contributed by atoms with Crippen molar-refractivity contribution in [3.8, 4) is 11.3 Å². The molecule has 4 heterocycles. The zero-order chi connectivity index (χ0) is 31.9. The zero-order valence-electron chi connectivity index (χ0n) is 27.1. The van der Waals surface area contributed by atoms with Crippen molar-refractivity contribution in [3.63, 3.8) is 0 Å². The first kappa shape index (κ1) is 33.6. The number of halogens is 1. The number of nitrogens with one attached hydrogen (secondary N) is 1. The maximum Gasteiger partial charge on any atom is 0.211 e. The molecule has 3 aliphatic heterocycles. The topological polar surface area (TPSA) is 88.9 Å². The van der Waals surface area contributed by atoms with Gasteiger partial charge in [0, 0.05) is 87.3 Å². The van der Waals surface area contributed by atoms with Crippen molar-refractivity contribution >= 4 is 21.6 Å². The molecule has 0 bridgehead atoms. The predicted octanol–water partition coefficient (Wildman–Crippen LogP) is 4.54. The van der Waals surface area contributed by atoms with E-state index in [2.05, 4.69) is 45.2 Å². The molecule has 0 spiro atoms. The zero-order valence-corrected chi connectivity index (χ0v) is 28.6. The first-order chi connectivity index (χ1) is 22.3. The van der Waals surface area contributed by atoms with Crippen molar-refractivity contribution in [3.05, 3.63) is 75.4 Å². The number of rotatable bonds is 13. The van der Waals surface area contributed by atoms with Crippen molar-refractivity contribution in [1.82, 2.24) is 24.3 Å². The third-order valence-electron chi connectivity index (χ3n) is 9.61. The van der Waals surface area contributed by atoms with Gasteiger partial charge in [-0.1, -0.05) is 41.9 Å². The molecule has 11 heteroatoms. The molecule has 3 aliphatic rings. The summed E-state index contributed by atoms with van der Waals surface area (Å²) in [7, 11) is -3.31. The summed E-state index contributed by atoms with van der Waals surface area (Å²) in [6, 6.07) is 15.0. The molecule has 1 aromatic heterocycles. The van der Waals surface area contributed by atoms with Crippen LogP contribution in [-0.2, 0) is 58.4 Å². The van der Waals surface area contributed by atoms with Gasteiger partial charge in [0.2, 0.25) is 10.0 Å². The van der Waals surface area contributed by atoms with Gasteiger partial charge >= 0.3 is 0 Å². The van der Waals surface area contributed by atoms with Crippen LogP contribution in [0.4, 0.5) is 0 Å². The van der Waals surface area contributed by atoms with Gasteiger partial charge in [-0.05, 0) is 73.4 Å². The van der Waals surface area contributed by atoms with E-state index in [-0.39, 0.29) is 0 Å². The van der Waals surface area contributed by atoms with Crippen LogP contribution in [-0.4, -0.2) is 92.8 Å². The van der Waals surface area contributed by atoms with Crippen LogP contribution in [0.1, 0.15) is 47.2 Å². The molecule has 9 nitrogen and oxygen atoms in total. The summed E-state index contributed by atoms with van der Waals surface area (Å²) in [5, 5.41) is 9.51. The van der Waals surface area contributed by atoms with Gasteiger partial charge in [-0.3, -0.25) is 9.58 Å². The minimum atomic E-state index is -3.31. The standard InChI is InChI=1S/C35H48ClN5O4S/c1-46(42,43)40-15-10-34-32(26-40)35(38-41(34)14-3-13-39-16-20-45-21-17-39)31-8-9-33(36)30(23-31)7-6-27-4-2-5-29(22-27)25-37-24-28-11-18-44-19-12-28/h2,4-5,8-9,22-23,28,37H,3,6-7,10-21,24-26H2,1H3. The predicted molar refractivity (Wildman–Crippen MR) is 183 cm³/mol. The van der Waals surface area contributed by atoms with Crippen molar-refractivity contribution in [2.45, 2.75) is 58.2 Å². The number of sulfonamides is 1. The van der Waals surface area contributed by atoms with E-state index in [4.69, 9.17) is 26.2 Å². The van der Waals surface area contributed by atoms with Gasteiger partial charge in [0.25, 0.3) is 0 Å². The average molecular weight is 670 g/mol. The highest BCUT2D eigenvalue weighted by molar-refractivity contribution is 7.88. The van der Waals surface area contributed by atoms with E-state index in [1.54, 1.807) is 4.31 Å². The number of hydrogen-bond acceptors (Lipinski definition) is 7. The number of hydrogen-bond donors (Lipinski definition) is 1. The lowest BCUT2D eigenvalue weighted by molar-refractivity contribution is 0.0368. The molecule has 0 radical (unpaired) electrons. The summed E-state index contributed by atoms with van der Waals surface area (Å²) < 4.78 is 39.7. The maximum absolute atomic E-state index is 12.5. The fourth-order valence-electron chi connectivity index (χ4n) is 6.89. The van der Waals surface area contributed by atoms with E-state index in [0.29, 0.717) is 25.4 Å². The van der Waals surface area contributed by atoms with Gasteiger partial charge in [0.15, 0.2) is 0 Å². The molecule has 0 unspecified atom stereocenters. The summed E-state index contributed by atoms with van der Waals surface area (Å²) in [4.78, 5) is 2.44. The summed E-state index contributed by atoms with van der Waals surface area (Å²) >= 11 is 6.75. The normalized spacial score (nSPS) is 18.6. The Labute approximate surface area is 279 Å². The average Bonchev–Trinajstić information content (AvgIpc) is 3.43. The van der Waals surface area contributed by atoms with E-state index in [0.717, 1.165) is 131 Å². The molecule has 0 atom stereocenters. The molecule has 2 saturated heterocycles. The molecule has 46 heavy (non-hydrogen) atoms. The van der Waals surface area contributed by atoms with Crippen LogP contribution >= 0.6 is 11.6 Å². The van der Waals surface area contributed by atoms with Crippen LogP contribution in [0.5, 0.6) is 0 Å². The van der Waals surface area contributed by atoms with Gasteiger partial charge in [0.1, 0.15) is 0 Å². The van der Waals surface area contributed by atoms with E-state index < -0.39 is 10.0 Å². The number of aromatic nitrogens is 2. The Kier molecular flexibility index (Phi) is 11.5. The Morgan fingerprint density at radius 1 is 0.957 bits per heavy atom. The van der Waals surface area contributed by atoms with E-state index in [1.807, 2.05) is 12.1 Å². The molecule has 2 fully saturated rings. The second-order valence-electron chi connectivity index (χ2n) is 13.0. The Hall–Kier alpha value is -2.31. The van der Waals surface area contributed by atoms with Crippen molar-refractivity contribution in [1.29, 1.82) is 0 Å². The van der Waals surface area contributed by atoms with Gasteiger partial charge in [-0.15, -0.1) is 0 Å².